The van der Waals surface area contributed by atoms with E-state index in [0.29, 0.717) is 35.6 Å². The molecule has 0 amide bonds. The molecule has 0 spiro atoms. The standard InChI is InChI=1S/C12H9NO5/c14-9-4-8(12(15)16)13-7-5-11-10(3-6(7)9)17-1-2-18-11/h3-5H,1-2H2,(H,13,14)(H,15,16). The maximum atomic E-state index is 11.8. The molecule has 2 heterocycles. The first-order chi connectivity index (χ1) is 8.65. The van der Waals surface area contributed by atoms with Gasteiger partial charge >= 0.3 is 5.97 Å². The number of aromatic amines is 1. The molecule has 0 saturated carbocycles. The number of carbonyl (C=O) groups is 1. The Morgan fingerprint density at radius 2 is 1.83 bits per heavy atom. The highest BCUT2D eigenvalue weighted by molar-refractivity contribution is 5.90. The predicted molar refractivity (Wildman–Crippen MR) is 62.5 cm³/mol. The van der Waals surface area contributed by atoms with Crippen molar-refractivity contribution in [3.8, 4) is 11.5 Å². The number of hydrogen-bond donors (Lipinski definition) is 2. The maximum absolute atomic E-state index is 11.8. The summed E-state index contributed by atoms with van der Waals surface area (Å²) in [5.41, 5.74) is -0.0912. The number of ether oxygens (including phenoxy) is 2. The van der Waals surface area contributed by atoms with Crippen LogP contribution in [0.15, 0.2) is 23.0 Å². The average Bonchev–Trinajstić information content (AvgIpc) is 2.36. The molecule has 2 aromatic rings. The Morgan fingerprint density at radius 3 is 2.50 bits per heavy atom. The number of carboxylic acid groups (broad SMARTS) is 1. The number of aromatic nitrogens is 1. The summed E-state index contributed by atoms with van der Waals surface area (Å²) in [4.78, 5) is 25.4. The molecular formula is C12H9NO5. The lowest BCUT2D eigenvalue weighted by molar-refractivity contribution is 0.0691. The lowest BCUT2D eigenvalue weighted by Gasteiger charge is -2.18. The Bertz CT molecular complexity index is 703. The third kappa shape index (κ3) is 1.58. The molecule has 0 fully saturated rings. The molecule has 1 aliphatic rings. The first kappa shape index (κ1) is 10.6. The van der Waals surface area contributed by atoms with E-state index in [1.807, 2.05) is 0 Å². The van der Waals surface area contributed by atoms with Gasteiger partial charge in [0.2, 0.25) is 0 Å². The Balaban J connectivity index is 2.30. The molecule has 0 atom stereocenters. The minimum absolute atomic E-state index is 0.149. The predicted octanol–water partition coefficient (Wildman–Crippen LogP) is 0.997. The first-order valence-electron chi connectivity index (χ1n) is 5.35. The Kier molecular flexibility index (Phi) is 2.22. The average molecular weight is 247 g/mol. The van der Waals surface area contributed by atoms with Crippen molar-refractivity contribution in [2.24, 2.45) is 0 Å². The molecule has 0 bridgehead atoms. The van der Waals surface area contributed by atoms with Crippen LogP contribution in [0.3, 0.4) is 0 Å². The molecule has 0 radical (unpaired) electrons. The van der Waals surface area contributed by atoms with Crippen LogP contribution >= 0.6 is 0 Å². The fourth-order valence-electron chi connectivity index (χ4n) is 1.90. The fourth-order valence-corrected chi connectivity index (χ4v) is 1.90. The summed E-state index contributed by atoms with van der Waals surface area (Å²) in [7, 11) is 0. The molecule has 1 aromatic carbocycles. The number of nitrogens with one attached hydrogen (secondary N) is 1. The van der Waals surface area contributed by atoms with Gasteiger partial charge in [0.1, 0.15) is 18.9 Å². The van der Waals surface area contributed by atoms with Gasteiger partial charge < -0.3 is 19.6 Å². The van der Waals surface area contributed by atoms with Crippen molar-refractivity contribution in [3.05, 3.63) is 34.1 Å². The Labute approximate surface area is 101 Å². The fraction of sp³-hybridized carbons (Fsp3) is 0.167. The highest BCUT2D eigenvalue weighted by Crippen LogP contribution is 2.32. The van der Waals surface area contributed by atoms with Gasteiger partial charge in [0.05, 0.1) is 5.52 Å². The van der Waals surface area contributed by atoms with E-state index in [0.717, 1.165) is 6.07 Å². The van der Waals surface area contributed by atoms with E-state index in [2.05, 4.69) is 4.98 Å². The highest BCUT2D eigenvalue weighted by atomic mass is 16.6. The van der Waals surface area contributed by atoms with E-state index in [-0.39, 0.29) is 11.1 Å². The van der Waals surface area contributed by atoms with Gasteiger partial charge in [-0.2, -0.15) is 0 Å². The van der Waals surface area contributed by atoms with Crippen molar-refractivity contribution in [2.75, 3.05) is 13.2 Å². The van der Waals surface area contributed by atoms with Crippen LogP contribution in [0.25, 0.3) is 10.9 Å². The Hall–Kier alpha value is -2.50. The maximum Gasteiger partial charge on any atom is 0.352 e. The zero-order chi connectivity index (χ0) is 12.7. The third-order valence-electron chi connectivity index (χ3n) is 2.72. The van der Waals surface area contributed by atoms with E-state index in [1.165, 1.54) is 0 Å². The first-order valence-corrected chi connectivity index (χ1v) is 5.35. The monoisotopic (exact) mass is 247 g/mol. The second-order valence-corrected chi connectivity index (χ2v) is 3.89. The highest BCUT2D eigenvalue weighted by Gasteiger charge is 2.15. The van der Waals surface area contributed by atoms with Crippen LogP contribution in [0.5, 0.6) is 11.5 Å². The summed E-state index contributed by atoms with van der Waals surface area (Å²) in [5, 5.41) is 9.26. The quantitative estimate of drug-likeness (QED) is 0.784. The topological polar surface area (TPSA) is 88.6 Å². The number of rotatable bonds is 1. The molecule has 92 valence electrons. The zero-order valence-corrected chi connectivity index (χ0v) is 9.23. The SMILES string of the molecule is O=C(O)c1cc(=O)c2cc3c(cc2[nH]1)OCCO3. The van der Waals surface area contributed by atoms with Crippen LogP contribution in [-0.4, -0.2) is 29.3 Å². The molecule has 1 aliphatic heterocycles. The second kappa shape index (κ2) is 3.76. The number of carboxylic acids is 1. The summed E-state index contributed by atoms with van der Waals surface area (Å²) in [6.45, 7) is 0.866. The van der Waals surface area contributed by atoms with Gasteiger partial charge in [-0.3, -0.25) is 4.79 Å². The van der Waals surface area contributed by atoms with E-state index >= 15 is 0 Å². The van der Waals surface area contributed by atoms with Crippen molar-refractivity contribution in [1.82, 2.24) is 4.98 Å². The van der Waals surface area contributed by atoms with Gasteiger partial charge in [-0.25, -0.2) is 4.79 Å². The van der Waals surface area contributed by atoms with Crippen molar-refractivity contribution in [3.63, 3.8) is 0 Å². The smallest absolute Gasteiger partial charge is 0.352 e. The molecule has 1 aromatic heterocycles. The van der Waals surface area contributed by atoms with Crippen molar-refractivity contribution >= 4 is 16.9 Å². The number of hydrogen-bond acceptors (Lipinski definition) is 4. The van der Waals surface area contributed by atoms with Gasteiger partial charge in [-0.1, -0.05) is 0 Å². The van der Waals surface area contributed by atoms with Crippen molar-refractivity contribution < 1.29 is 19.4 Å². The minimum Gasteiger partial charge on any atom is -0.486 e. The van der Waals surface area contributed by atoms with E-state index in [1.54, 1.807) is 12.1 Å². The van der Waals surface area contributed by atoms with Crippen LogP contribution in [0.1, 0.15) is 10.5 Å². The van der Waals surface area contributed by atoms with Crippen LogP contribution in [0, 0.1) is 0 Å². The summed E-state index contributed by atoms with van der Waals surface area (Å²) in [6.07, 6.45) is 0. The van der Waals surface area contributed by atoms with Gasteiger partial charge in [-0.15, -0.1) is 0 Å². The van der Waals surface area contributed by atoms with E-state index in [4.69, 9.17) is 14.6 Å². The lowest BCUT2D eigenvalue weighted by Crippen LogP contribution is -2.16. The summed E-state index contributed by atoms with van der Waals surface area (Å²) < 4.78 is 10.7. The number of pyridine rings is 1. The molecule has 3 rings (SSSR count). The molecule has 2 N–H and O–H groups in total. The van der Waals surface area contributed by atoms with Crippen molar-refractivity contribution in [1.29, 1.82) is 0 Å². The number of fused-ring (bicyclic) bond motifs is 2. The molecule has 6 nitrogen and oxygen atoms in total. The van der Waals surface area contributed by atoms with Gasteiger partial charge in [-0.05, 0) is 6.07 Å². The van der Waals surface area contributed by atoms with Crippen LogP contribution in [-0.2, 0) is 0 Å². The molecule has 0 saturated heterocycles. The van der Waals surface area contributed by atoms with E-state index < -0.39 is 5.97 Å². The summed E-state index contributed by atoms with van der Waals surface area (Å²) >= 11 is 0. The minimum atomic E-state index is -1.18. The molecule has 6 heteroatoms. The zero-order valence-electron chi connectivity index (χ0n) is 9.23. The van der Waals surface area contributed by atoms with Crippen LogP contribution in [0.4, 0.5) is 0 Å². The second-order valence-electron chi connectivity index (χ2n) is 3.89. The van der Waals surface area contributed by atoms with Gasteiger partial charge in [0.25, 0.3) is 0 Å². The molecular weight excluding hydrogens is 238 g/mol. The normalized spacial score (nSPS) is 13.6. The van der Waals surface area contributed by atoms with Gasteiger partial charge in [0, 0.05) is 17.5 Å². The lowest BCUT2D eigenvalue weighted by atomic mass is 10.1. The Morgan fingerprint density at radius 1 is 1.17 bits per heavy atom. The van der Waals surface area contributed by atoms with Crippen LogP contribution in [0.2, 0.25) is 0 Å². The molecule has 0 unspecified atom stereocenters. The molecule has 18 heavy (non-hydrogen) atoms. The third-order valence-corrected chi connectivity index (χ3v) is 2.72. The number of H-pyrrole nitrogens is 1. The number of benzene rings is 1. The van der Waals surface area contributed by atoms with Crippen molar-refractivity contribution in [2.45, 2.75) is 0 Å². The molecule has 0 aliphatic carbocycles. The summed E-state index contributed by atoms with van der Waals surface area (Å²) in [5.74, 6) is -0.168. The van der Waals surface area contributed by atoms with E-state index in [9.17, 15) is 9.59 Å². The van der Waals surface area contributed by atoms with Gasteiger partial charge in [0.15, 0.2) is 16.9 Å². The largest absolute Gasteiger partial charge is 0.486 e. The van der Waals surface area contributed by atoms with Crippen LogP contribution < -0.4 is 14.9 Å². The number of aromatic carboxylic acids is 1. The summed E-state index contributed by atoms with van der Waals surface area (Å²) in [6, 6.07) is 4.20.